The fourth-order valence-electron chi connectivity index (χ4n) is 3.45. The highest BCUT2D eigenvalue weighted by Crippen LogP contribution is 2.37. The number of hydrogen-bond donors (Lipinski definition) is 1. The second-order valence-corrected chi connectivity index (χ2v) is 8.81. The van der Waals surface area contributed by atoms with Crippen LogP contribution in [-0.4, -0.2) is 34.8 Å². The summed E-state index contributed by atoms with van der Waals surface area (Å²) in [7, 11) is 0. The van der Waals surface area contributed by atoms with Gasteiger partial charge >= 0.3 is 0 Å². The average Bonchev–Trinajstić information content (AvgIpc) is 3.05. The van der Waals surface area contributed by atoms with E-state index in [0.29, 0.717) is 10.6 Å². The molecule has 1 fully saturated rings. The molecule has 0 bridgehead atoms. The SMILES string of the molecule is CC(=O)Nc1c(C(=O)N2CCCCC2)sc2nc(-c3ccc(Br)cc3)ccc12. The predicted molar refractivity (Wildman–Crippen MR) is 117 cm³/mol. The lowest BCUT2D eigenvalue weighted by Crippen LogP contribution is -2.35. The minimum atomic E-state index is -0.190. The summed E-state index contributed by atoms with van der Waals surface area (Å²) in [5, 5.41) is 3.67. The summed E-state index contributed by atoms with van der Waals surface area (Å²) in [6.45, 7) is 3.00. The Morgan fingerprint density at radius 1 is 1.07 bits per heavy atom. The van der Waals surface area contributed by atoms with E-state index in [0.717, 1.165) is 58.3 Å². The maximum absolute atomic E-state index is 13.1. The van der Waals surface area contributed by atoms with Crippen LogP contribution in [0.15, 0.2) is 40.9 Å². The van der Waals surface area contributed by atoms with Crippen molar-refractivity contribution < 1.29 is 9.59 Å². The topological polar surface area (TPSA) is 62.3 Å². The van der Waals surface area contributed by atoms with Crippen molar-refractivity contribution in [3.05, 3.63) is 45.7 Å². The van der Waals surface area contributed by atoms with Crippen molar-refractivity contribution in [1.82, 2.24) is 9.88 Å². The van der Waals surface area contributed by atoms with Gasteiger partial charge in [-0.15, -0.1) is 11.3 Å². The molecule has 1 aromatic carbocycles. The zero-order valence-corrected chi connectivity index (χ0v) is 17.9. The van der Waals surface area contributed by atoms with Gasteiger partial charge in [-0.2, -0.15) is 0 Å². The van der Waals surface area contributed by atoms with Crippen LogP contribution in [-0.2, 0) is 4.79 Å². The van der Waals surface area contributed by atoms with Gasteiger partial charge in [-0.3, -0.25) is 9.59 Å². The third-order valence-electron chi connectivity index (χ3n) is 4.83. The molecule has 0 spiro atoms. The molecule has 0 radical (unpaired) electrons. The third-order valence-corrected chi connectivity index (χ3v) is 6.45. The number of rotatable bonds is 3. The molecule has 2 amide bonds. The van der Waals surface area contributed by atoms with Gasteiger partial charge in [0, 0.05) is 35.4 Å². The lowest BCUT2D eigenvalue weighted by molar-refractivity contribution is -0.114. The van der Waals surface area contributed by atoms with Crippen molar-refractivity contribution in [2.75, 3.05) is 18.4 Å². The van der Waals surface area contributed by atoms with Gasteiger partial charge in [-0.25, -0.2) is 4.98 Å². The van der Waals surface area contributed by atoms with Gasteiger partial charge in [0.2, 0.25) is 5.91 Å². The van der Waals surface area contributed by atoms with E-state index in [2.05, 4.69) is 21.2 Å². The largest absolute Gasteiger partial charge is 0.338 e. The van der Waals surface area contributed by atoms with Crippen LogP contribution in [0.3, 0.4) is 0 Å². The number of pyridine rings is 1. The molecule has 3 aromatic rings. The molecule has 0 aliphatic carbocycles. The summed E-state index contributed by atoms with van der Waals surface area (Å²) in [4.78, 5) is 32.9. The number of anilines is 1. The molecule has 28 heavy (non-hydrogen) atoms. The molecule has 144 valence electrons. The number of amides is 2. The Hall–Kier alpha value is -2.25. The van der Waals surface area contributed by atoms with Gasteiger partial charge in [0.1, 0.15) is 9.71 Å². The van der Waals surface area contributed by atoms with Crippen molar-refractivity contribution in [2.24, 2.45) is 0 Å². The van der Waals surface area contributed by atoms with Gasteiger partial charge in [0.15, 0.2) is 0 Å². The predicted octanol–water partition coefficient (Wildman–Crippen LogP) is 5.31. The number of carbonyl (C=O) groups is 2. The number of aromatic nitrogens is 1. The third kappa shape index (κ3) is 3.82. The van der Waals surface area contributed by atoms with E-state index < -0.39 is 0 Å². The van der Waals surface area contributed by atoms with E-state index in [1.165, 1.54) is 18.3 Å². The van der Waals surface area contributed by atoms with Crippen molar-refractivity contribution in [1.29, 1.82) is 0 Å². The van der Waals surface area contributed by atoms with E-state index in [-0.39, 0.29) is 11.8 Å². The number of likely N-dealkylation sites (tertiary alicyclic amines) is 1. The van der Waals surface area contributed by atoms with Crippen LogP contribution in [0.4, 0.5) is 5.69 Å². The molecule has 0 atom stereocenters. The summed E-state index contributed by atoms with van der Waals surface area (Å²) in [6.07, 6.45) is 3.21. The van der Waals surface area contributed by atoms with Gasteiger partial charge in [0.25, 0.3) is 5.91 Å². The molecular formula is C21H20BrN3O2S. The van der Waals surface area contributed by atoms with Crippen molar-refractivity contribution >= 4 is 55.0 Å². The van der Waals surface area contributed by atoms with Crippen LogP contribution < -0.4 is 5.32 Å². The summed E-state index contributed by atoms with van der Waals surface area (Å²) in [5.74, 6) is -0.207. The standard InChI is InChI=1S/C21H20BrN3O2S/c1-13(26)23-18-16-9-10-17(14-5-7-15(22)8-6-14)24-20(16)28-19(18)21(27)25-11-3-2-4-12-25/h5-10H,2-4,11-12H2,1H3,(H,23,26). The molecule has 0 unspecified atom stereocenters. The Morgan fingerprint density at radius 2 is 1.79 bits per heavy atom. The molecule has 5 nitrogen and oxygen atoms in total. The normalized spacial score (nSPS) is 14.3. The van der Waals surface area contributed by atoms with E-state index in [1.807, 2.05) is 41.3 Å². The number of nitrogens with zero attached hydrogens (tertiary/aromatic N) is 2. The first kappa shape index (κ1) is 19.1. The fraction of sp³-hybridized carbons (Fsp3) is 0.286. The van der Waals surface area contributed by atoms with Gasteiger partial charge in [-0.1, -0.05) is 28.1 Å². The minimum Gasteiger partial charge on any atom is -0.338 e. The Balaban J connectivity index is 1.78. The van der Waals surface area contributed by atoms with E-state index in [4.69, 9.17) is 4.98 Å². The monoisotopic (exact) mass is 457 g/mol. The molecule has 3 heterocycles. The van der Waals surface area contributed by atoms with Crippen LogP contribution in [0, 0.1) is 0 Å². The lowest BCUT2D eigenvalue weighted by Gasteiger charge is -2.26. The summed E-state index contributed by atoms with van der Waals surface area (Å²) in [6, 6.07) is 11.8. The Labute approximate surface area is 175 Å². The van der Waals surface area contributed by atoms with Crippen LogP contribution in [0.25, 0.3) is 21.5 Å². The molecule has 1 aliphatic rings. The average molecular weight is 458 g/mol. The first-order chi connectivity index (χ1) is 13.5. The van der Waals surface area contributed by atoms with Crippen molar-refractivity contribution in [3.63, 3.8) is 0 Å². The van der Waals surface area contributed by atoms with Gasteiger partial charge < -0.3 is 10.2 Å². The molecule has 1 saturated heterocycles. The molecule has 2 aromatic heterocycles. The zero-order valence-electron chi connectivity index (χ0n) is 15.5. The number of nitrogens with one attached hydrogen (secondary N) is 1. The number of carbonyl (C=O) groups excluding carboxylic acids is 2. The second-order valence-electron chi connectivity index (χ2n) is 6.90. The molecule has 7 heteroatoms. The first-order valence-corrected chi connectivity index (χ1v) is 10.9. The number of fused-ring (bicyclic) bond motifs is 1. The Kier molecular flexibility index (Phi) is 5.46. The number of thiophene rings is 1. The minimum absolute atomic E-state index is 0.0170. The fourth-order valence-corrected chi connectivity index (χ4v) is 4.81. The Morgan fingerprint density at radius 3 is 2.46 bits per heavy atom. The summed E-state index contributed by atoms with van der Waals surface area (Å²) in [5.41, 5.74) is 2.43. The molecular weight excluding hydrogens is 438 g/mol. The summed E-state index contributed by atoms with van der Waals surface area (Å²) < 4.78 is 1.01. The van der Waals surface area contributed by atoms with Crippen molar-refractivity contribution in [3.8, 4) is 11.3 Å². The summed E-state index contributed by atoms with van der Waals surface area (Å²) >= 11 is 4.80. The quantitative estimate of drug-likeness (QED) is 0.579. The highest BCUT2D eigenvalue weighted by Gasteiger charge is 2.25. The second kappa shape index (κ2) is 8.01. The van der Waals surface area contributed by atoms with E-state index in [9.17, 15) is 9.59 Å². The van der Waals surface area contributed by atoms with Crippen LogP contribution in [0.1, 0.15) is 35.9 Å². The highest BCUT2D eigenvalue weighted by molar-refractivity contribution is 9.10. The Bertz CT molecular complexity index is 1040. The lowest BCUT2D eigenvalue weighted by atomic mass is 10.1. The smallest absolute Gasteiger partial charge is 0.266 e. The van der Waals surface area contributed by atoms with Gasteiger partial charge in [-0.05, 0) is 43.5 Å². The maximum atomic E-state index is 13.1. The molecule has 1 aliphatic heterocycles. The number of hydrogen-bond acceptors (Lipinski definition) is 4. The number of benzene rings is 1. The van der Waals surface area contributed by atoms with Crippen LogP contribution in [0.2, 0.25) is 0 Å². The number of halogens is 1. The van der Waals surface area contributed by atoms with E-state index >= 15 is 0 Å². The zero-order chi connectivity index (χ0) is 19.7. The van der Waals surface area contributed by atoms with Crippen LogP contribution in [0.5, 0.6) is 0 Å². The maximum Gasteiger partial charge on any atom is 0.266 e. The molecule has 0 saturated carbocycles. The highest BCUT2D eigenvalue weighted by atomic mass is 79.9. The number of piperidine rings is 1. The molecule has 4 rings (SSSR count). The van der Waals surface area contributed by atoms with Crippen molar-refractivity contribution in [2.45, 2.75) is 26.2 Å². The molecule has 1 N–H and O–H groups in total. The first-order valence-electron chi connectivity index (χ1n) is 9.29. The van der Waals surface area contributed by atoms with Gasteiger partial charge in [0.05, 0.1) is 11.4 Å². The van der Waals surface area contributed by atoms with Crippen LogP contribution >= 0.6 is 27.3 Å². The van der Waals surface area contributed by atoms with E-state index in [1.54, 1.807) is 0 Å².